The number of carbonyl (C=O) groups is 1. The van der Waals surface area contributed by atoms with Crippen LogP contribution in [0, 0.1) is 11.3 Å². The van der Waals surface area contributed by atoms with Crippen LogP contribution in [0.4, 0.5) is 10.5 Å². The Hall–Kier alpha value is -3.79. The first-order chi connectivity index (χ1) is 17.2. The van der Waals surface area contributed by atoms with Crippen molar-refractivity contribution in [2.45, 2.75) is 38.1 Å². The number of amides is 2. The molecule has 180 valence electrons. The number of aromatic nitrogens is 1. The minimum Gasteiger partial charge on any atom is -0.494 e. The molecule has 2 heterocycles. The highest BCUT2D eigenvalue weighted by atomic mass is 16.5. The van der Waals surface area contributed by atoms with Gasteiger partial charge in [0.15, 0.2) is 5.75 Å². The van der Waals surface area contributed by atoms with E-state index in [0.29, 0.717) is 24.7 Å². The summed E-state index contributed by atoms with van der Waals surface area (Å²) >= 11 is 0. The summed E-state index contributed by atoms with van der Waals surface area (Å²) in [5.41, 5.74) is 4.46. The molecule has 0 unspecified atom stereocenters. The highest BCUT2D eigenvalue weighted by molar-refractivity contribution is 5.99. The molecule has 2 fully saturated rings. The summed E-state index contributed by atoms with van der Waals surface area (Å²) in [6, 6.07) is 16.2. The number of para-hydroxylation sites is 1. The molecule has 1 aromatic heterocycles. The Kier molecular flexibility index (Phi) is 6.71. The second-order valence-electron chi connectivity index (χ2n) is 9.33. The fourth-order valence-electron chi connectivity index (χ4n) is 5.25. The van der Waals surface area contributed by atoms with Crippen molar-refractivity contribution in [2.75, 3.05) is 38.2 Å². The van der Waals surface area contributed by atoms with Gasteiger partial charge in [0.1, 0.15) is 0 Å². The molecule has 2 aliphatic rings. The third-order valence-corrected chi connectivity index (χ3v) is 7.20. The second kappa shape index (κ2) is 10.2. The Bertz CT molecular complexity index is 1240. The van der Waals surface area contributed by atoms with Crippen LogP contribution in [0.1, 0.15) is 37.7 Å². The molecule has 35 heavy (non-hydrogen) atoms. The number of rotatable bonds is 4. The largest absolute Gasteiger partial charge is 0.494 e. The van der Waals surface area contributed by atoms with Gasteiger partial charge in [0, 0.05) is 43.2 Å². The zero-order valence-electron chi connectivity index (χ0n) is 20.2. The third kappa shape index (κ3) is 4.74. The number of pyridine rings is 1. The summed E-state index contributed by atoms with van der Waals surface area (Å²) in [7, 11) is 1.69. The van der Waals surface area contributed by atoms with Gasteiger partial charge in [-0.05, 0) is 36.6 Å². The van der Waals surface area contributed by atoms with Crippen LogP contribution >= 0.6 is 0 Å². The van der Waals surface area contributed by atoms with Crippen molar-refractivity contribution in [3.8, 4) is 22.9 Å². The zero-order valence-corrected chi connectivity index (χ0v) is 20.2. The van der Waals surface area contributed by atoms with Gasteiger partial charge in [-0.15, -0.1) is 0 Å². The number of nitrogens with one attached hydrogen (secondary N) is 1. The topological polar surface area (TPSA) is 81.5 Å². The number of anilines is 1. The van der Waals surface area contributed by atoms with Crippen LogP contribution in [0.5, 0.6) is 5.75 Å². The van der Waals surface area contributed by atoms with E-state index in [1.54, 1.807) is 7.11 Å². The first-order valence-corrected chi connectivity index (χ1v) is 12.4. The maximum absolute atomic E-state index is 12.8. The van der Waals surface area contributed by atoms with Gasteiger partial charge in [-0.2, -0.15) is 5.26 Å². The van der Waals surface area contributed by atoms with Crippen molar-refractivity contribution in [1.29, 1.82) is 5.26 Å². The van der Waals surface area contributed by atoms with Gasteiger partial charge < -0.3 is 19.9 Å². The summed E-state index contributed by atoms with van der Waals surface area (Å²) in [4.78, 5) is 21.8. The lowest BCUT2D eigenvalue weighted by Crippen LogP contribution is -2.53. The summed E-state index contributed by atoms with van der Waals surface area (Å²) in [5.74, 6) is 0.797. The van der Waals surface area contributed by atoms with Crippen LogP contribution in [0.3, 0.4) is 0 Å². The van der Waals surface area contributed by atoms with Crippen molar-refractivity contribution in [1.82, 2.24) is 15.2 Å². The van der Waals surface area contributed by atoms with Crippen molar-refractivity contribution in [3.05, 3.63) is 54.2 Å². The number of carbonyl (C=O) groups excluding carboxylic acids is 1. The van der Waals surface area contributed by atoms with E-state index in [9.17, 15) is 4.79 Å². The Labute approximate surface area is 206 Å². The van der Waals surface area contributed by atoms with Crippen molar-refractivity contribution >= 4 is 22.6 Å². The Morgan fingerprint density at radius 3 is 2.49 bits per heavy atom. The van der Waals surface area contributed by atoms with E-state index in [-0.39, 0.29) is 6.03 Å². The van der Waals surface area contributed by atoms with Gasteiger partial charge in [-0.1, -0.05) is 43.5 Å². The summed E-state index contributed by atoms with van der Waals surface area (Å²) in [5, 5.41) is 13.3. The number of piperazine rings is 1. The van der Waals surface area contributed by atoms with Crippen molar-refractivity contribution in [3.63, 3.8) is 0 Å². The molecule has 1 aliphatic carbocycles. The molecule has 1 saturated carbocycles. The molecule has 5 rings (SSSR count). The molecule has 0 bridgehead atoms. The number of hydrogen-bond acceptors (Lipinski definition) is 5. The molecule has 1 aliphatic heterocycles. The predicted molar refractivity (Wildman–Crippen MR) is 138 cm³/mol. The van der Waals surface area contributed by atoms with Crippen LogP contribution in [0.2, 0.25) is 0 Å². The normalized spacial score (nSPS) is 16.7. The molecule has 2 aromatic carbocycles. The van der Waals surface area contributed by atoms with E-state index in [1.165, 1.54) is 19.3 Å². The van der Waals surface area contributed by atoms with Gasteiger partial charge in [-0.25, -0.2) is 4.79 Å². The lowest BCUT2D eigenvalue weighted by molar-refractivity contribution is 0.186. The van der Waals surface area contributed by atoms with Gasteiger partial charge in [0.2, 0.25) is 0 Å². The molecule has 1 saturated heterocycles. The molecule has 1 N–H and O–H groups in total. The lowest BCUT2D eigenvalue weighted by Gasteiger charge is -2.37. The first kappa shape index (κ1) is 23.0. The minimum atomic E-state index is 0.0622. The van der Waals surface area contributed by atoms with Crippen LogP contribution in [0.15, 0.2) is 48.7 Å². The Balaban J connectivity index is 1.34. The van der Waals surface area contributed by atoms with Gasteiger partial charge in [0.25, 0.3) is 0 Å². The molecule has 7 nitrogen and oxygen atoms in total. The van der Waals surface area contributed by atoms with E-state index in [2.05, 4.69) is 16.3 Å². The number of methoxy groups -OCH3 is 1. The molecular weight excluding hydrogens is 438 g/mol. The average Bonchev–Trinajstić information content (AvgIpc) is 2.92. The van der Waals surface area contributed by atoms with Crippen LogP contribution in [-0.4, -0.2) is 55.2 Å². The van der Waals surface area contributed by atoms with Crippen molar-refractivity contribution < 1.29 is 9.53 Å². The van der Waals surface area contributed by atoms with E-state index < -0.39 is 0 Å². The molecule has 0 atom stereocenters. The molecule has 2 amide bonds. The number of fused-ring (bicyclic) bond motifs is 1. The summed E-state index contributed by atoms with van der Waals surface area (Å²) < 4.78 is 5.90. The Morgan fingerprint density at radius 1 is 1.06 bits per heavy atom. The van der Waals surface area contributed by atoms with E-state index >= 15 is 0 Å². The predicted octanol–water partition coefficient (Wildman–Crippen LogP) is 4.95. The van der Waals surface area contributed by atoms with Crippen molar-refractivity contribution in [2.24, 2.45) is 0 Å². The summed E-state index contributed by atoms with van der Waals surface area (Å²) in [6.45, 7) is 2.81. The SMILES string of the molecule is COc1c(N2CCN(C(=O)NC3CCCCC3)CC2)cnc2c(-c3ccc(C#N)cc3)cccc12. The number of ether oxygens (including phenoxy) is 1. The zero-order chi connectivity index (χ0) is 24.2. The van der Waals surface area contributed by atoms with Gasteiger partial charge >= 0.3 is 6.03 Å². The number of hydrogen-bond donors (Lipinski definition) is 1. The minimum absolute atomic E-state index is 0.0622. The second-order valence-corrected chi connectivity index (χ2v) is 9.33. The van der Waals surface area contributed by atoms with E-state index in [4.69, 9.17) is 15.0 Å². The Morgan fingerprint density at radius 2 is 1.80 bits per heavy atom. The maximum atomic E-state index is 12.8. The quantitative estimate of drug-likeness (QED) is 0.585. The summed E-state index contributed by atoms with van der Waals surface area (Å²) in [6.07, 6.45) is 7.76. The third-order valence-electron chi connectivity index (χ3n) is 7.20. The van der Waals surface area contributed by atoms with Crippen LogP contribution in [0.25, 0.3) is 22.0 Å². The number of urea groups is 1. The molecular formula is C28H31N5O2. The van der Waals surface area contributed by atoms with Crippen LogP contribution < -0.4 is 15.0 Å². The smallest absolute Gasteiger partial charge is 0.317 e. The first-order valence-electron chi connectivity index (χ1n) is 12.4. The van der Waals surface area contributed by atoms with Gasteiger partial charge in [-0.3, -0.25) is 4.98 Å². The van der Waals surface area contributed by atoms with E-state index in [1.807, 2.05) is 53.6 Å². The highest BCUT2D eigenvalue weighted by Crippen LogP contribution is 2.38. The average molecular weight is 470 g/mol. The van der Waals surface area contributed by atoms with Crippen LogP contribution in [-0.2, 0) is 0 Å². The fourth-order valence-corrected chi connectivity index (χ4v) is 5.25. The maximum Gasteiger partial charge on any atom is 0.317 e. The standard InChI is InChI=1S/C28H31N5O2/c1-35-27-24-9-5-8-23(21-12-10-20(18-29)11-13-21)26(24)30-19-25(27)32-14-16-33(17-15-32)28(34)31-22-6-3-2-4-7-22/h5,8-13,19,22H,2-4,6-7,14-17H2,1H3,(H,31,34). The van der Waals surface area contributed by atoms with E-state index in [0.717, 1.165) is 59.4 Å². The fraction of sp³-hybridized carbons (Fsp3) is 0.393. The number of nitriles is 1. The highest BCUT2D eigenvalue weighted by Gasteiger charge is 2.26. The number of benzene rings is 2. The number of nitrogens with zero attached hydrogens (tertiary/aromatic N) is 4. The lowest BCUT2D eigenvalue weighted by atomic mass is 9.96. The van der Waals surface area contributed by atoms with Gasteiger partial charge in [0.05, 0.1) is 36.1 Å². The molecule has 3 aromatic rings. The molecule has 0 spiro atoms. The monoisotopic (exact) mass is 469 g/mol. The molecule has 7 heteroatoms. The molecule has 0 radical (unpaired) electrons.